The quantitative estimate of drug-likeness (QED) is 0.839. The van der Waals surface area contributed by atoms with Crippen LogP contribution in [0.5, 0.6) is 5.75 Å². The van der Waals surface area contributed by atoms with Gasteiger partial charge in [0.05, 0.1) is 7.11 Å². The zero-order valence-electron chi connectivity index (χ0n) is 10.7. The van der Waals surface area contributed by atoms with Gasteiger partial charge in [-0.05, 0) is 42.4 Å². The van der Waals surface area contributed by atoms with Gasteiger partial charge in [0.2, 0.25) is 0 Å². The highest BCUT2D eigenvalue weighted by molar-refractivity contribution is 5.89. The van der Waals surface area contributed by atoms with Crippen molar-refractivity contribution in [3.05, 3.63) is 29.5 Å². The average molecular weight is 229 g/mol. The Morgan fingerprint density at radius 3 is 2.71 bits per heavy atom. The second-order valence-electron chi connectivity index (χ2n) is 5.28. The second kappa shape index (κ2) is 3.80. The van der Waals surface area contributed by atoms with E-state index in [1.165, 1.54) is 34.9 Å². The maximum Gasteiger partial charge on any atom is 0.123 e. The van der Waals surface area contributed by atoms with Gasteiger partial charge >= 0.3 is 0 Å². The van der Waals surface area contributed by atoms with E-state index in [0.717, 1.165) is 11.7 Å². The molecule has 1 aromatic heterocycles. The zero-order valence-corrected chi connectivity index (χ0v) is 10.7. The monoisotopic (exact) mass is 229 g/mol. The number of nitrogens with one attached hydrogen (secondary N) is 1. The summed E-state index contributed by atoms with van der Waals surface area (Å²) in [5, 5.41) is 1.33. The molecule has 1 saturated carbocycles. The van der Waals surface area contributed by atoms with Crippen LogP contribution in [0.4, 0.5) is 0 Å². The second-order valence-corrected chi connectivity index (χ2v) is 5.28. The Hall–Kier alpha value is -1.44. The van der Waals surface area contributed by atoms with E-state index in [4.69, 9.17) is 4.74 Å². The molecule has 1 aromatic carbocycles. The number of hydrogen-bond acceptors (Lipinski definition) is 1. The number of benzene rings is 1. The molecule has 0 saturated heterocycles. The van der Waals surface area contributed by atoms with Gasteiger partial charge in [-0.2, -0.15) is 0 Å². The van der Waals surface area contributed by atoms with Gasteiger partial charge in [-0.25, -0.2) is 0 Å². The van der Waals surface area contributed by atoms with E-state index < -0.39 is 0 Å². The lowest BCUT2D eigenvalue weighted by atomic mass is 9.94. The Morgan fingerprint density at radius 2 is 2.12 bits per heavy atom. The number of H-pyrrole nitrogens is 1. The van der Waals surface area contributed by atoms with E-state index in [1.54, 1.807) is 7.11 Å². The largest absolute Gasteiger partial charge is 0.496 e. The minimum Gasteiger partial charge on any atom is -0.496 e. The smallest absolute Gasteiger partial charge is 0.123 e. The maximum atomic E-state index is 5.59. The van der Waals surface area contributed by atoms with Crippen LogP contribution < -0.4 is 4.74 Å². The van der Waals surface area contributed by atoms with Crippen LogP contribution in [0.1, 0.15) is 49.7 Å². The standard InChI is InChI=1S/C15H19NO/c1-9(2)14-11-6-7-16-15(11)12(10-4-5-10)8-13(14)17-3/h6-10,16H,4-5H2,1-3H3. The van der Waals surface area contributed by atoms with Crippen LogP contribution in [0, 0.1) is 0 Å². The molecule has 1 fully saturated rings. The summed E-state index contributed by atoms with van der Waals surface area (Å²) < 4.78 is 5.59. The molecule has 2 heteroatoms. The molecule has 0 atom stereocenters. The summed E-state index contributed by atoms with van der Waals surface area (Å²) in [7, 11) is 1.77. The normalized spacial score (nSPS) is 15.8. The number of aromatic amines is 1. The Bertz CT molecular complexity index is 549. The summed E-state index contributed by atoms with van der Waals surface area (Å²) in [4.78, 5) is 3.40. The maximum absolute atomic E-state index is 5.59. The summed E-state index contributed by atoms with van der Waals surface area (Å²) in [5.74, 6) is 2.27. The van der Waals surface area contributed by atoms with Gasteiger partial charge < -0.3 is 9.72 Å². The van der Waals surface area contributed by atoms with E-state index in [-0.39, 0.29) is 0 Å². The van der Waals surface area contributed by atoms with Gasteiger partial charge in [0.25, 0.3) is 0 Å². The van der Waals surface area contributed by atoms with E-state index in [9.17, 15) is 0 Å². The molecule has 0 radical (unpaired) electrons. The zero-order chi connectivity index (χ0) is 12.0. The third-order valence-electron chi connectivity index (χ3n) is 3.69. The van der Waals surface area contributed by atoms with Gasteiger partial charge in [-0.15, -0.1) is 0 Å². The molecule has 17 heavy (non-hydrogen) atoms. The fraction of sp³-hybridized carbons (Fsp3) is 0.467. The van der Waals surface area contributed by atoms with Crippen molar-refractivity contribution in [3.8, 4) is 5.75 Å². The molecule has 2 nitrogen and oxygen atoms in total. The molecule has 1 aliphatic carbocycles. The van der Waals surface area contributed by atoms with Gasteiger partial charge in [0.1, 0.15) is 5.75 Å². The van der Waals surface area contributed by atoms with Crippen LogP contribution in [-0.2, 0) is 0 Å². The average Bonchev–Trinajstić information content (AvgIpc) is 3.04. The van der Waals surface area contributed by atoms with Crippen molar-refractivity contribution >= 4 is 10.9 Å². The van der Waals surface area contributed by atoms with E-state index in [0.29, 0.717) is 5.92 Å². The third-order valence-corrected chi connectivity index (χ3v) is 3.69. The molecule has 2 aromatic rings. The molecule has 0 unspecified atom stereocenters. The SMILES string of the molecule is COc1cc(C2CC2)c2[nH]ccc2c1C(C)C. The van der Waals surface area contributed by atoms with Crippen molar-refractivity contribution in [1.29, 1.82) is 0 Å². The number of hydrogen-bond donors (Lipinski definition) is 1. The molecule has 1 N–H and O–H groups in total. The summed E-state index contributed by atoms with van der Waals surface area (Å²) in [6.45, 7) is 4.45. The Morgan fingerprint density at radius 1 is 1.35 bits per heavy atom. The molecule has 1 heterocycles. The number of methoxy groups -OCH3 is 1. The van der Waals surface area contributed by atoms with Crippen LogP contribution in [0.2, 0.25) is 0 Å². The molecule has 90 valence electrons. The first-order valence-corrected chi connectivity index (χ1v) is 6.40. The fourth-order valence-corrected chi connectivity index (χ4v) is 2.74. The molecule has 0 bridgehead atoms. The predicted octanol–water partition coefficient (Wildman–Crippen LogP) is 4.18. The minimum atomic E-state index is 0.483. The molecule has 1 aliphatic rings. The Labute approximate surface area is 102 Å². The van der Waals surface area contributed by atoms with Gasteiger partial charge in [0, 0.05) is 22.7 Å². The van der Waals surface area contributed by atoms with Crippen molar-refractivity contribution in [2.45, 2.75) is 38.5 Å². The Kier molecular flexibility index (Phi) is 2.39. The van der Waals surface area contributed by atoms with Gasteiger partial charge in [-0.1, -0.05) is 13.8 Å². The minimum absolute atomic E-state index is 0.483. The highest BCUT2D eigenvalue weighted by Gasteiger charge is 2.28. The summed E-state index contributed by atoms with van der Waals surface area (Å²) in [6, 6.07) is 4.42. The topological polar surface area (TPSA) is 25.0 Å². The first-order chi connectivity index (χ1) is 8.22. The molecular weight excluding hydrogens is 210 g/mol. The van der Waals surface area contributed by atoms with E-state index >= 15 is 0 Å². The van der Waals surface area contributed by atoms with Gasteiger partial charge in [0.15, 0.2) is 0 Å². The summed E-state index contributed by atoms with van der Waals surface area (Å²) >= 11 is 0. The van der Waals surface area contributed by atoms with Crippen LogP contribution in [-0.4, -0.2) is 12.1 Å². The van der Waals surface area contributed by atoms with Crippen LogP contribution in [0.25, 0.3) is 10.9 Å². The molecule has 3 rings (SSSR count). The fourth-order valence-electron chi connectivity index (χ4n) is 2.74. The molecular formula is C15H19NO. The third kappa shape index (κ3) is 1.63. The predicted molar refractivity (Wildman–Crippen MR) is 70.9 cm³/mol. The van der Waals surface area contributed by atoms with Crippen molar-refractivity contribution < 1.29 is 4.74 Å². The van der Waals surface area contributed by atoms with Crippen LogP contribution >= 0.6 is 0 Å². The number of fused-ring (bicyclic) bond motifs is 1. The lowest BCUT2D eigenvalue weighted by Gasteiger charge is -2.15. The first-order valence-electron chi connectivity index (χ1n) is 6.40. The number of ether oxygens (including phenoxy) is 1. The van der Waals surface area contributed by atoms with Crippen LogP contribution in [0.15, 0.2) is 18.3 Å². The summed E-state index contributed by atoms with van der Waals surface area (Å²) in [6.07, 6.45) is 4.68. The van der Waals surface area contributed by atoms with E-state index in [1.807, 2.05) is 6.20 Å². The van der Waals surface area contributed by atoms with Crippen molar-refractivity contribution in [3.63, 3.8) is 0 Å². The lowest BCUT2D eigenvalue weighted by molar-refractivity contribution is 0.408. The summed E-state index contributed by atoms with van der Waals surface area (Å²) in [5.41, 5.74) is 4.08. The lowest BCUT2D eigenvalue weighted by Crippen LogP contribution is -1.97. The Balaban J connectivity index is 2.31. The highest BCUT2D eigenvalue weighted by atomic mass is 16.5. The van der Waals surface area contributed by atoms with Crippen molar-refractivity contribution in [1.82, 2.24) is 4.98 Å². The van der Waals surface area contributed by atoms with Crippen molar-refractivity contribution in [2.75, 3.05) is 7.11 Å². The van der Waals surface area contributed by atoms with E-state index in [2.05, 4.69) is 31.0 Å². The molecule has 0 aliphatic heterocycles. The molecule has 0 amide bonds. The first kappa shape index (κ1) is 10.7. The number of aromatic nitrogens is 1. The highest BCUT2D eigenvalue weighted by Crippen LogP contribution is 2.46. The number of rotatable bonds is 3. The van der Waals surface area contributed by atoms with Gasteiger partial charge in [-0.3, -0.25) is 0 Å². The van der Waals surface area contributed by atoms with Crippen LogP contribution in [0.3, 0.4) is 0 Å². The molecule has 0 spiro atoms. The van der Waals surface area contributed by atoms with Crippen molar-refractivity contribution in [2.24, 2.45) is 0 Å².